The van der Waals surface area contributed by atoms with Gasteiger partial charge in [0.25, 0.3) is 0 Å². The van der Waals surface area contributed by atoms with E-state index in [1.807, 2.05) is 0 Å². The Labute approximate surface area is 112 Å². The molecule has 0 aliphatic heterocycles. The van der Waals surface area contributed by atoms with Crippen LogP contribution in [0.1, 0.15) is 37.8 Å². The molecule has 94 valence electrons. The van der Waals surface area contributed by atoms with E-state index in [1.165, 1.54) is 12.0 Å². The van der Waals surface area contributed by atoms with Gasteiger partial charge in [-0.1, -0.05) is 34.5 Å². The molecule has 2 rings (SSSR count). The molecule has 0 spiro atoms. The SMILES string of the molecule is CC(NCC1CCCC1O)c1ccc(Br)cc1. The van der Waals surface area contributed by atoms with E-state index < -0.39 is 0 Å². The van der Waals surface area contributed by atoms with E-state index in [4.69, 9.17) is 0 Å². The summed E-state index contributed by atoms with van der Waals surface area (Å²) in [5.41, 5.74) is 1.29. The Balaban J connectivity index is 1.84. The van der Waals surface area contributed by atoms with Crippen LogP contribution >= 0.6 is 15.9 Å². The predicted octanol–water partition coefficient (Wildman–Crippen LogP) is 3.26. The molecule has 1 aliphatic rings. The van der Waals surface area contributed by atoms with Gasteiger partial charge in [-0.2, -0.15) is 0 Å². The molecule has 3 atom stereocenters. The van der Waals surface area contributed by atoms with Gasteiger partial charge in [0, 0.05) is 17.1 Å². The van der Waals surface area contributed by atoms with Gasteiger partial charge < -0.3 is 10.4 Å². The lowest BCUT2D eigenvalue weighted by atomic mass is 10.0. The molecule has 3 unspecified atom stereocenters. The Kier molecular flexibility index (Phi) is 4.60. The van der Waals surface area contributed by atoms with Crippen molar-refractivity contribution in [2.75, 3.05) is 6.54 Å². The van der Waals surface area contributed by atoms with Crippen LogP contribution in [0.25, 0.3) is 0 Å². The molecule has 0 heterocycles. The second-order valence-corrected chi connectivity index (χ2v) is 5.86. The van der Waals surface area contributed by atoms with Crippen molar-refractivity contribution in [1.29, 1.82) is 0 Å². The van der Waals surface area contributed by atoms with Crippen LogP contribution in [0.2, 0.25) is 0 Å². The fourth-order valence-corrected chi connectivity index (χ4v) is 2.72. The summed E-state index contributed by atoms with van der Waals surface area (Å²) >= 11 is 3.44. The second kappa shape index (κ2) is 5.98. The fourth-order valence-electron chi connectivity index (χ4n) is 2.45. The molecular weight excluding hydrogens is 278 g/mol. The first-order valence-corrected chi connectivity index (χ1v) is 7.13. The predicted molar refractivity (Wildman–Crippen MR) is 73.9 cm³/mol. The molecule has 3 heteroatoms. The third-order valence-electron chi connectivity index (χ3n) is 3.68. The van der Waals surface area contributed by atoms with Crippen molar-refractivity contribution >= 4 is 15.9 Å². The highest BCUT2D eigenvalue weighted by molar-refractivity contribution is 9.10. The number of benzene rings is 1. The maximum absolute atomic E-state index is 9.76. The van der Waals surface area contributed by atoms with Crippen LogP contribution in [-0.4, -0.2) is 17.8 Å². The smallest absolute Gasteiger partial charge is 0.0580 e. The quantitative estimate of drug-likeness (QED) is 0.894. The van der Waals surface area contributed by atoms with E-state index in [1.54, 1.807) is 0 Å². The number of aliphatic hydroxyl groups excluding tert-OH is 1. The van der Waals surface area contributed by atoms with Gasteiger partial charge in [-0.15, -0.1) is 0 Å². The van der Waals surface area contributed by atoms with E-state index in [2.05, 4.69) is 52.4 Å². The molecule has 1 aromatic carbocycles. The number of halogens is 1. The number of hydrogen-bond donors (Lipinski definition) is 2. The van der Waals surface area contributed by atoms with Crippen molar-refractivity contribution in [3.63, 3.8) is 0 Å². The summed E-state index contributed by atoms with van der Waals surface area (Å²) in [6, 6.07) is 8.74. The molecule has 0 saturated heterocycles. The van der Waals surface area contributed by atoms with Crippen molar-refractivity contribution < 1.29 is 5.11 Å². The molecular formula is C14H20BrNO. The number of hydrogen-bond acceptors (Lipinski definition) is 2. The van der Waals surface area contributed by atoms with Crippen molar-refractivity contribution in [2.24, 2.45) is 5.92 Å². The van der Waals surface area contributed by atoms with Crippen molar-refractivity contribution in [3.8, 4) is 0 Å². The summed E-state index contributed by atoms with van der Waals surface area (Å²) in [7, 11) is 0. The van der Waals surface area contributed by atoms with E-state index in [-0.39, 0.29) is 6.10 Å². The minimum Gasteiger partial charge on any atom is -0.393 e. The number of nitrogens with one attached hydrogen (secondary N) is 1. The first-order valence-electron chi connectivity index (χ1n) is 6.33. The highest BCUT2D eigenvalue weighted by atomic mass is 79.9. The minimum absolute atomic E-state index is 0.0976. The Morgan fingerprint density at radius 3 is 2.65 bits per heavy atom. The maximum atomic E-state index is 9.76. The average Bonchev–Trinajstić information content (AvgIpc) is 2.73. The molecule has 0 aromatic heterocycles. The van der Waals surface area contributed by atoms with Crippen LogP contribution in [0.5, 0.6) is 0 Å². The van der Waals surface area contributed by atoms with Crippen LogP contribution in [0, 0.1) is 5.92 Å². The topological polar surface area (TPSA) is 32.3 Å². The number of rotatable bonds is 4. The maximum Gasteiger partial charge on any atom is 0.0580 e. The van der Waals surface area contributed by atoms with Crippen LogP contribution in [0.3, 0.4) is 0 Å². The highest BCUT2D eigenvalue weighted by Crippen LogP contribution is 2.25. The lowest BCUT2D eigenvalue weighted by molar-refractivity contribution is 0.130. The molecule has 1 saturated carbocycles. The van der Waals surface area contributed by atoms with Gasteiger partial charge in [0.2, 0.25) is 0 Å². The van der Waals surface area contributed by atoms with E-state index in [9.17, 15) is 5.11 Å². The van der Waals surface area contributed by atoms with Gasteiger partial charge in [-0.25, -0.2) is 0 Å². The zero-order valence-electron chi connectivity index (χ0n) is 10.2. The highest BCUT2D eigenvalue weighted by Gasteiger charge is 2.25. The molecule has 1 aliphatic carbocycles. The van der Waals surface area contributed by atoms with E-state index in [0.717, 1.165) is 23.9 Å². The summed E-state index contributed by atoms with van der Waals surface area (Å²) in [6.07, 6.45) is 3.19. The van der Waals surface area contributed by atoms with Crippen LogP contribution < -0.4 is 5.32 Å². The van der Waals surface area contributed by atoms with E-state index in [0.29, 0.717) is 12.0 Å². The molecule has 17 heavy (non-hydrogen) atoms. The summed E-state index contributed by atoms with van der Waals surface area (Å²) in [5, 5.41) is 13.3. The van der Waals surface area contributed by atoms with Gasteiger partial charge in [0.05, 0.1) is 6.10 Å². The van der Waals surface area contributed by atoms with Crippen LogP contribution in [0.15, 0.2) is 28.7 Å². The molecule has 2 N–H and O–H groups in total. The second-order valence-electron chi connectivity index (χ2n) is 4.94. The summed E-state index contributed by atoms with van der Waals surface area (Å²) < 4.78 is 1.11. The fraction of sp³-hybridized carbons (Fsp3) is 0.571. The Morgan fingerprint density at radius 1 is 1.35 bits per heavy atom. The largest absolute Gasteiger partial charge is 0.393 e. The van der Waals surface area contributed by atoms with Gasteiger partial charge in [-0.3, -0.25) is 0 Å². The normalized spacial score (nSPS) is 26.1. The molecule has 2 nitrogen and oxygen atoms in total. The van der Waals surface area contributed by atoms with Crippen molar-refractivity contribution in [2.45, 2.75) is 38.3 Å². The lowest BCUT2D eigenvalue weighted by Crippen LogP contribution is -2.29. The number of aliphatic hydroxyl groups is 1. The van der Waals surface area contributed by atoms with Gasteiger partial charge >= 0.3 is 0 Å². The van der Waals surface area contributed by atoms with Crippen LogP contribution in [0.4, 0.5) is 0 Å². The Hall–Kier alpha value is -0.380. The molecule has 1 aromatic rings. The van der Waals surface area contributed by atoms with Gasteiger partial charge in [0.1, 0.15) is 0 Å². The zero-order valence-corrected chi connectivity index (χ0v) is 11.8. The lowest BCUT2D eigenvalue weighted by Gasteiger charge is -2.19. The Bertz CT molecular complexity index is 352. The molecule has 0 amide bonds. The molecule has 0 bridgehead atoms. The van der Waals surface area contributed by atoms with Crippen LogP contribution in [-0.2, 0) is 0 Å². The summed E-state index contributed by atoms with van der Waals surface area (Å²) in [4.78, 5) is 0. The third-order valence-corrected chi connectivity index (χ3v) is 4.20. The zero-order chi connectivity index (χ0) is 12.3. The molecule has 0 radical (unpaired) electrons. The molecule has 1 fully saturated rings. The Morgan fingerprint density at radius 2 is 2.06 bits per heavy atom. The minimum atomic E-state index is -0.0976. The first kappa shape index (κ1) is 13.1. The van der Waals surface area contributed by atoms with Gasteiger partial charge in [-0.05, 0) is 43.4 Å². The van der Waals surface area contributed by atoms with E-state index >= 15 is 0 Å². The third kappa shape index (κ3) is 3.54. The van der Waals surface area contributed by atoms with Gasteiger partial charge in [0.15, 0.2) is 0 Å². The van der Waals surface area contributed by atoms with Crippen molar-refractivity contribution in [3.05, 3.63) is 34.3 Å². The standard InChI is InChI=1S/C14H20BrNO/c1-10(11-5-7-13(15)8-6-11)16-9-12-3-2-4-14(12)17/h5-8,10,12,14,16-17H,2-4,9H2,1H3. The average molecular weight is 298 g/mol. The summed E-state index contributed by atoms with van der Waals surface area (Å²) in [5.74, 6) is 0.438. The monoisotopic (exact) mass is 297 g/mol. The first-order chi connectivity index (χ1) is 8.16. The van der Waals surface area contributed by atoms with Crippen molar-refractivity contribution in [1.82, 2.24) is 5.32 Å². The summed E-state index contributed by atoms with van der Waals surface area (Å²) in [6.45, 7) is 3.09.